The summed E-state index contributed by atoms with van der Waals surface area (Å²) in [5.41, 5.74) is 1.24. The first-order chi connectivity index (χ1) is 12.5. The van der Waals surface area contributed by atoms with E-state index in [9.17, 15) is 14.9 Å². The Morgan fingerprint density at radius 1 is 1.46 bits per heavy atom. The number of hydrogen-bond donors (Lipinski definition) is 2. The highest BCUT2D eigenvalue weighted by molar-refractivity contribution is 5.87. The first kappa shape index (κ1) is 17.9. The summed E-state index contributed by atoms with van der Waals surface area (Å²) in [7, 11) is 1.61. The molecule has 1 saturated heterocycles. The third-order valence-corrected chi connectivity index (χ3v) is 4.53. The van der Waals surface area contributed by atoms with E-state index >= 15 is 0 Å². The van der Waals surface area contributed by atoms with Gasteiger partial charge in [-0.1, -0.05) is 0 Å². The molecular weight excluding hydrogens is 342 g/mol. The average Bonchev–Trinajstić information content (AvgIpc) is 3.00. The van der Waals surface area contributed by atoms with Crippen molar-refractivity contribution in [2.45, 2.75) is 25.4 Å². The molecule has 0 saturated carbocycles. The Morgan fingerprint density at radius 2 is 2.19 bits per heavy atom. The first-order valence-electron chi connectivity index (χ1n) is 8.37. The van der Waals surface area contributed by atoms with Crippen molar-refractivity contribution in [3.63, 3.8) is 0 Å². The van der Waals surface area contributed by atoms with Crippen LogP contribution in [0.4, 0.5) is 16.2 Å². The van der Waals surface area contributed by atoms with Gasteiger partial charge < -0.3 is 20.1 Å². The molecule has 0 radical (unpaired) electrons. The second-order valence-electron chi connectivity index (χ2n) is 6.25. The van der Waals surface area contributed by atoms with E-state index in [1.807, 2.05) is 4.90 Å². The predicted octanol–water partition coefficient (Wildman–Crippen LogP) is 1.83. The highest BCUT2D eigenvalue weighted by Crippen LogP contribution is 2.34. The van der Waals surface area contributed by atoms with Gasteiger partial charge in [0, 0.05) is 43.9 Å². The Morgan fingerprint density at radius 3 is 2.81 bits per heavy atom. The number of nitrogens with one attached hydrogen (secondary N) is 1. The molecule has 0 aliphatic carbocycles. The van der Waals surface area contributed by atoms with Crippen molar-refractivity contribution >= 4 is 28.4 Å². The largest absolute Gasteiger partial charge is 0.465 e. The van der Waals surface area contributed by atoms with Crippen molar-refractivity contribution in [1.29, 1.82) is 0 Å². The molecule has 2 aromatic rings. The number of methoxy groups -OCH3 is 1. The fourth-order valence-electron chi connectivity index (χ4n) is 3.24. The van der Waals surface area contributed by atoms with E-state index in [1.54, 1.807) is 30.1 Å². The van der Waals surface area contributed by atoms with Gasteiger partial charge in [-0.05, 0) is 18.9 Å². The molecule has 1 aromatic heterocycles. The zero-order valence-corrected chi connectivity index (χ0v) is 14.4. The fraction of sp³-hybridized carbons (Fsp3) is 0.500. The van der Waals surface area contributed by atoms with Gasteiger partial charge in [-0.3, -0.25) is 14.8 Å². The van der Waals surface area contributed by atoms with Crippen molar-refractivity contribution in [2.24, 2.45) is 0 Å². The summed E-state index contributed by atoms with van der Waals surface area (Å²) in [4.78, 5) is 23.8. The quantitative estimate of drug-likeness (QED) is 0.593. The van der Waals surface area contributed by atoms with Gasteiger partial charge in [-0.15, -0.1) is 0 Å². The second kappa shape index (κ2) is 7.56. The fourth-order valence-corrected chi connectivity index (χ4v) is 3.24. The number of aromatic nitrogens is 2. The minimum atomic E-state index is -1.04. The lowest BCUT2D eigenvalue weighted by atomic mass is 10.0. The summed E-state index contributed by atoms with van der Waals surface area (Å²) in [5, 5.41) is 28.0. The number of nitrogens with zero attached hydrogens (tertiary/aromatic N) is 4. The number of carboxylic acid groups (broad SMARTS) is 1. The molecule has 1 fully saturated rings. The van der Waals surface area contributed by atoms with Crippen LogP contribution in [0, 0.1) is 10.1 Å². The minimum Gasteiger partial charge on any atom is -0.465 e. The number of hydrogen-bond acceptors (Lipinski definition) is 6. The molecule has 2 heterocycles. The Hall–Kier alpha value is -2.88. The van der Waals surface area contributed by atoms with E-state index < -0.39 is 6.09 Å². The molecule has 10 heteroatoms. The van der Waals surface area contributed by atoms with Crippen LogP contribution in [-0.2, 0) is 11.3 Å². The Kier molecular flexibility index (Phi) is 5.21. The van der Waals surface area contributed by atoms with Crippen LogP contribution in [0.25, 0.3) is 10.9 Å². The molecule has 0 bridgehead atoms. The maximum Gasteiger partial charge on any atom is 0.404 e. The zero-order chi connectivity index (χ0) is 18.7. The summed E-state index contributed by atoms with van der Waals surface area (Å²) in [6.07, 6.45) is 1.93. The number of ether oxygens (including phenoxy) is 1. The van der Waals surface area contributed by atoms with Crippen LogP contribution in [0.15, 0.2) is 18.3 Å². The van der Waals surface area contributed by atoms with Crippen molar-refractivity contribution < 1.29 is 19.6 Å². The number of rotatable bonds is 6. The van der Waals surface area contributed by atoms with Crippen molar-refractivity contribution in [1.82, 2.24) is 15.1 Å². The van der Waals surface area contributed by atoms with Crippen LogP contribution < -0.4 is 10.2 Å². The van der Waals surface area contributed by atoms with E-state index in [4.69, 9.17) is 9.84 Å². The molecule has 10 nitrogen and oxygen atoms in total. The zero-order valence-electron chi connectivity index (χ0n) is 14.4. The molecular formula is C16H21N5O5. The Bertz CT molecular complexity index is 813. The normalized spacial score (nSPS) is 15.3. The number of benzene rings is 1. The first-order valence-corrected chi connectivity index (χ1v) is 8.37. The number of nitro groups is 1. The maximum atomic E-state index is 11.5. The number of carbonyl (C=O) groups is 1. The van der Waals surface area contributed by atoms with Gasteiger partial charge in [-0.2, -0.15) is 5.10 Å². The maximum absolute atomic E-state index is 11.5. The highest BCUT2D eigenvalue weighted by Gasteiger charge is 2.26. The lowest BCUT2D eigenvalue weighted by Gasteiger charge is -2.33. The van der Waals surface area contributed by atoms with Crippen molar-refractivity contribution in [3.8, 4) is 0 Å². The van der Waals surface area contributed by atoms with Crippen molar-refractivity contribution in [2.75, 3.05) is 31.7 Å². The number of fused-ring (bicyclic) bond motifs is 1. The number of anilines is 1. The molecule has 0 spiro atoms. The molecule has 3 rings (SSSR count). The molecule has 1 aliphatic rings. The molecule has 0 atom stereocenters. The molecule has 1 aliphatic heterocycles. The SMILES string of the molecule is COCCn1cc2cc([N+](=O)[O-])c(N3CCC(NC(=O)O)CC3)cc2n1. The van der Waals surface area contributed by atoms with Crippen LogP contribution in [0.2, 0.25) is 0 Å². The number of nitro benzene ring substituents is 1. The van der Waals surface area contributed by atoms with Gasteiger partial charge in [0.2, 0.25) is 0 Å². The van der Waals surface area contributed by atoms with E-state index in [1.165, 1.54) is 0 Å². The van der Waals surface area contributed by atoms with Crippen LogP contribution >= 0.6 is 0 Å². The van der Waals surface area contributed by atoms with Crippen LogP contribution in [-0.4, -0.2) is 58.8 Å². The summed E-state index contributed by atoms with van der Waals surface area (Å²) >= 11 is 0. The van der Waals surface area contributed by atoms with Gasteiger partial charge in [-0.25, -0.2) is 4.79 Å². The lowest BCUT2D eigenvalue weighted by Crippen LogP contribution is -2.44. The third kappa shape index (κ3) is 3.85. The smallest absolute Gasteiger partial charge is 0.404 e. The Balaban J connectivity index is 1.85. The van der Waals surface area contributed by atoms with E-state index in [-0.39, 0.29) is 16.7 Å². The van der Waals surface area contributed by atoms with Crippen molar-refractivity contribution in [3.05, 3.63) is 28.4 Å². The molecule has 140 valence electrons. The third-order valence-electron chi connectivity index (χ3n) is 4.53. The molecule has 1 aromatic carbocycles. The standard InChI is InChI=1S/C16H21N5O5/c1-26-7-6-20-10-11-8-15(21(24)25)14(9-13(11)18-20)19-4-2-12(3-5-19)17-16(22)23/h8-10,12,17H,2-7H2,1H3,(H,22,23). The average molecular weight is 363 g/mol. The summed E-state index contributed by atoms with van der Waals surface area (Å²) in [6.45, 7) is 2.16. The minimum absolute atomic E-state index is 0.0356. The second-order valence-corrected chi connectivity index (χ2v) is 6.25. The molecule has 2 N–H and O–H groups in total. The van der Waals surface area contributed by atoms with Gasteiger partial charge in [0.05, 0.1) is 23.6 Å². The van der Waals surface area contributed by atoms with E-state index in [0.717, 1.165) is 0 Å². The summed E-state index contributed by atoms with van der Waals surface area (Å²) in [6, 6.07) is 3.16. The predicted molar refractivity (Wildman–Crippen MR) is 94.7 cm³/mol. The number of amides is 1. The van der Waals surface area contributed by atoms with E-state index in [2.05, 4.69) is 10.4 Å². The van der Waals surface area contributed by atoms with Crippen LogP contribution in [0.5, 0.6) is 0 Å². The number of piperidine rings is 1. The Labute approximate surface area is 149 Å². The summed E-state index contributed by atoms with van der Waals surface area (Å²) < 4.78 is 6.75. The highest BCUT2D eigenvalue weighted by atomic mass is 16.6. The van der Waals surface area contributed by atoms with E-state index in [0.29, 0.717) is 55.7 Å². The topological polar surface area (TPSA) is 123 Å². The van der Waals surface area contributed by atoms with Crippen LogP contribution in [0.3, 0.4) is 0 Å². The van der Waals surface area contributed by atoms with Gasteiger partial charge in [0.15, 0.2) is 0 Å². The summed E-state index contributed by atoms with van der Waals surface area (Å²) in [5.74, 6) is 0. The molecule has 0 unspecified atom stereocenters. The molecule has 26 heavy (non-hydrogen) atoms. The lowest BCUT2D eigenvalue weighted by molar-refractivity contribution is -0.384. The monoisotopic (exact) mass is 363 g/mol. The van der Waals surface area contributed by atoms with Crippen LogP contribution in [0.1, 0.15) is 12.8 Å². The van der Waals surface area contributed by atoms with Gasteiger partial charge >= 0.3 is 6.09 Å². The van der Waals surface area contributed by atoms with Gasteiger partial charge in [0.25, 0.3) is 5.69 Å². The van der Waals surface area contributed by atoms with Gasteiger partial charge in [0.1, 0.15) is 5.69 Å². The molecule has 1 amide bonds.